The van der Waals surface area contributed by atoms with Gasteiger partial charge in [0.05, 0.1) is 171 Å². The van der Waals surface area contributed by atoms with Crippen molar-refractivity contribution in [1.82, 2.24) is 21.3 Å². The van der Waals surface area contributed by atoms with Crippen LogP contribution in [0, 0.1) is 0 Å². The molecule has 20 nitrogen and oxygen atoms in total. The Morgan fingerprint density at radius 2 is 0.909 bits per heavy atom. The molecule has 3 atom stereocenters. The molecule has 66 heavy (non-hydrogen) atoms. The molecule has 1 aromatic rings. The number of hydrogen-bond acceptors (Lipinski definition) is 17. The van der Waals surface area contributed by atoms with Gasteiger partial charge in [-0.15, -0.1) is 0 Å². The highest BCUT2D eigenvalue weighted by molar-refractivity contribution is 8.00. The van der Waals surface area contributed by atoms with Crippen molar-refractivity contribution in [3.05, 3.63) is 29.8 Å². The molecular weight excluding hydrogens is 885 g/mol. The van der Waals surface area contributed by atoms with E-state index in [1.807, 2.05) is 23.9 Å². The van der Waals surface area contributed by atoms with Crippen LogP contribution in [0.1, 0.15) is 37.7 Å². The monoisotopic (exact) mass is 963 g/mol. The first-order chi connectivity index (χ1) is 32.5. The Hall–Kier alpha value is -2.90. The van der Waals surface area contributed by atoms with Crippen molar-refractivity contribution in [2.45, 2.75) is 55.9 Å². The minimum absolute atomic E-state index is 0.0381. The zero-order valence-corrected chi connectivity index (χ0v) is 39.7. The van der Waals surface area contributed by atoms with Crippen LogP contribution in [-0.4, -0.2) is 218 Å². The van der Waals surface area contributed by atoms with Gasteiger partial charge in [0, 0.05) is 36.9 Å². The summed E-state index contributed by atoms with van der Waals surface area (Å²) in [6.07, 6.45) is 4.31. The molecule has 21 heteroatoms. The molecule has 2 aliphatic heterocycles. The quantitative estimate of drug-likeness (QED) is 0.0460. The number of thioether (sulfide) groups is 1. The number of fused-ring (bicyclic) bond motifs is 1. The lowest BCUT2D eigenvalue weighted by molar-refractivity contribution is -0.122. The molecule has 380 valence electrons. The Labute approximate surface area is 395 Å². The number of urea groups is 1. The van der Waals surface area contributed by atoms with E-state index in [1.165, 1.54) is 0 Å². The third kappa shape index (κ3) is 32.0. The van der Waals surface area contributed by atoms with Crippen LogP contribution in [0.15, 0.2) is 24.3 Å². The van der Waals surface area contributed by atoms with Crippen LogP contribution in [0.25, 0.3) is 0 Å². The predicted molar refractivity (Wildman–Crippen MR) is 246 cm³/mol. The lowest BCUT2D eigenvalue weighted by Gasteiger charge is -2.16. The molecule has 4 amide bonds. The number of amides is 4. The average Bonchev–Trinajstić information content (AvgIpc) is 3.88. The Morgan fingerprint density at radius 1 is 0.515 bits per heavy atom. The number of rotatable bonds is 47. The number of phenolic OH excluding ortho intramolecular Hbond substituents is 1. The summed E-state index contributed by atoms with van der Waals surface area (Å²) in [4.78, 5) is 35.4. The molecule has 0 bridgehead atoms. The molecule has 2 fully saturated rings. The van der Waals surface area contributed by atoms with Gasteiger partial charge >= 0.3 is 6.03 Å². The first-order valence-corrected chi connectivity index (χ1v) is 24.5. The summed E-state index contributed by atoms with van der Waals surface area (Å²) in [6, 6.07) is 7.33. The number of aromatic hydroxyl groups is 1. The van der Waals surface area contributed by atoms with Crippen LogP contribution in [0.5, 0.6) is 5.75 Å². The molecule has 0 saturated carbocycles. The number of carbonyl (C=O) groups is 3. The van der Waals surface area contributed by atoms with Gasteiger partial charge < -0.3 is 83.2 Å². The largest absolute Gasteiger partial charge is 0.508 e. The first kappa shape index (κ1) is 57.4. The van der Waals surface area contributed by atoms with E-state index in [2.05, 4.69) is 21.3 Å². The number of nitrogens with one attached hydrogen (secondary N) is 4. The van der Waals surface area contributed by atoms with E-state index >= 15 is 0 Å². The molecule has 2 aliphatic rings. The fourth-order valence-corrected chi connectivity index (χ4v) is 7.95. The molecule has 3 rings (SSSR count). The summed E-state index contributed by atoms with van der Waals surface area (Å²) < 4.78 is 66.0. The van der Waals surface area contributed by atoms with Crippen LogP contribution in [-0.2, 0) is 72.9 Å². The zero-order chi connectivity index (χ0) is 46.8. The fourth-order valence-electron chi connectivity index (χ4n) is 6.41. The molecule has 5 N–H and O–H groups in total. The van der Waals surface area contributed by atoms with E-state index in [0.717, 1.165) is 30.6 Å². The number of benzene rings is 1. The summed E-state index contributed by atoms with van der Waals surface area (Å²) in [5, 5.41) is 21.4. The minimum Gasteiger partial charge on any atom is -0.508 e. The Bertz CT molecular complexity index is 1340. The third-order valence-corrected chi connectivity index (χ3v) is 11.4. The molecule has 0 spiro atoms. The van der Waals surface area contributed by atoms with Crippen LogP contribution in [0.4, 0.5) is 4.79 Å². The molecule has 2 saturated heterocycles. The molecule has 0 aliphatic carbocycles. The van der Waals surface area contributed by atoms with E-state index in [0.29, 0.717) is 196 Å². The average molecular weight is 963 g/mol. The van der Waals surface area contributed by atoms with E-state index in [-0.39, 0.29) is 35.7 Å². The second-order valence-corrected chi connectivity index (χ2v) is 16.4. The van der Waals surface area contributed by atoms with Crippen LogP contribution in [0.2, 0.25) is 0 Å². The number of hydrogen-bond donors (Lipinski definition) is 5. The van der Waals surface area contributed by atoms with Crippen molar-refractivity contribution in [3.8, 4) is 5.75 Å². The van der Waals surface area contributed by atoms with Gasteiger partial charge in [0.15, 0.2) is 0 Å². The maximum atomic E-state index is 12.1. The van der Waals surface area contributed by atoms with Crippen LogP contribution >= 0.6 is 11.8 Å². The maximum absolute atomic E-state index is 12.1. The van der Waals surface area contributed by atoms with E-state index in [9.17, 15) is 19.5 Å². The molecule has 2 heterocycles. The van der Waals surface area contributed by atoms with E-state index in [4.69, 9.17) is 56.8 Å². The molecule has 0 radical (unpaired) electrons. The van der Waals surface area contributed by atoms with Crippen molar-refractivity contribution in [2.24, 2.45) is 0 Å². The van der Waals surface area contributed by atoms with Gasteiger partial charge in [-0.05, 0) is 37.0 Å². The lowest BCUT2D eigenvalue weighted by Crippen LogP contribution is -2.36. The highest BCUT2D eigenvalue weighted by atomic mass is 32.2. The number of unbranched alkanes of at least 4 members (excludes halogenated alkanes) is 1. The zero-order valence-electron chi connectivity index (χ0n) is 38.9. The number of ether oxygens (including phenoxy) is 12. The Kier molecular flexibility index (Phi) is 35.8. The summed E-state index contributed by atoms with van der Waals surface area (Å²) in [5.74, 6) is 1.16. The first-order valence-electron chi connectivity index (χ1n) is 23.4. The second-order valence-electron chi connectivity index (χ2n) is 15.1. The molecular formula is C45H78N4O16S. The van der Waals surface area contributed by atoms with Crippen molar-refractivity contribution in [1.29, 1.82) is 0 Å². The topological polar surface area (TPSA) is 230 Å². The van der Waals surface area contributed by atoms with Gasteiger partial charge in [-0.3, -0.25) is 9.59 Å². The summed E-state index contributed by atoms with van der Waals surface area (Å²) in [5.41, 5.74) is 1.05. The van der Waals surface area contributed by atoms with E-state index in [1.54, 1.807) is 12.1 Å². The van der Waals surface area contributed by atoms with Gasteiger partial charge in [0.1, 0.15) is 5.75 Å². The van der Waals surface area contributed by atoms with Gasteiger partial charge in [-0.1, -0.05) is 18.6 Å². The minimum atomic E-state index is -0.0644. The predicted octanol–water partition coefficient (Wildman–Crippen LogP) is 1.48. The van der Waals surface area contributed by atoms with Crippen LogP contribution < -0.4 is 21.3 Å². The van der Waals surface area contributed by atoms with Gasteiger partial charge in [-0.2, -0.15) is 11.8 Å². The Morgan fingerprint density at radius 3 is 1.36 bits per heavy atom. The highest BCUT2D eigenvalue weighted by Crippen LogP contribution is 2.33. The maximum Gasteiger partial charge on any atom is 0.315 e. The molecule has 3 unspecified atom stereocenters. The Balaban J connectivity index is 0.879. The van der Waals surface area contributed by atoms with Crippen molar-refractivity contribution >= 4 is 29.6 Å². The second kappa shape index (κ2) is 41.1. The SMILES string of the molecule is O=C(CCCCC1SCC2NC(=O)NC21)NCCOCCOCCOCCOCCOCCOCCOCCOCCOCCOCCOCCOCCC(=O)NCCc1ccc(O)cc1. The smallest absolute Gasteiger partial charge is 0.315 e. The van der Waals surface area contributed by atoms with Crippen molar-refractivity contribution in [3.63, 3.8) is 0 Å². The lowest BCUT2D eigenvalue weighted by atomic mass is 10.0. The van der Waals surface area contributed by atoms with Crippen molar-refractivity contribution < 1.29 is 76.3 Å². The number of phenols is 1. The summed E-state index contributed by atoms with van der Waals surface area (Å²) >= 11 is 1.90. The van der Waals surface area contributed by atoms with Gasteiger partial charge in [0.25, 0.3) is 0 Å². The van der Waals surface area contributed by atoms with Crippen molar-refractivity contribution in [2.75, 3.05) is 177 Å². The highest BCUT2D eigenvalue weighted by Gasteiger charge is 2.42. The molecule has 0 aromatic heterocycles. The molecule has 1 aromatic carbocycles. The third-order valence-electron chi connectivity index (χ3n) is 9.89. The summed E-state index contributed by atoms with van der Waals surface area (Å²) in [6.45, 7) is 12.1. The van der Waals surface area contributed by atoms with Crippen LogP contribution in [0.3, 0.4) is 0 Å². The van der Waals surface area contributed by atoms with Gasteiger partial charge in [0.2, 0.25) is 11.8 Å². The standard InChI is InChI=1S/C45H78N4O16S/c50-39-7-5-38(6-8-39)9-11-46-43(52)10-13-54-15-17-56-19-21-58-23-25-60-27-29-62-31-33-64-35-36-65-34-32-63-30-28-61-26-24-59-22-20-57-18-16-55-14-12-47-42(51)4-2-1-3-41-44-40(37-66-41)48-45(53)49-44/h5-8,40-41,44,50H,1-4,9-37H2,(H,46,52)(H,47,51)(H2,48,49,53). The number of carbonyl (C=O) groups excluding carboxylic acids is 3. The summed E-state index contributed by atoms with van der Waals surface area (Å²) in [7, 11) is 0. The van der Waals surface area contributed by atoms with E-state index < -0.39 is 0 Å². The fraction of sp³-hybridized carbons (Fsp3) is 0.800. The normalized spacial score (nSPS) is 16.6. The van der Waals surface area contributed by atoms with Gasteiger partial charge in [-0.25, -0.2) is 4.79 Å².